The van der Waals surface area contributed by atoms with Crippen molar-refractivity contribution in [1.82, 2.24) is 16.1 Å². The van der Waals surface area contributed by atoms with Gasteiger partial charge in [0.2, 0.25) is 0 Å². The third-order valence-corrected chi connectivity index (χ3v) is 6.37. The smallest absolute Gasteiger partial charge is 0.341 e. The lowest BCUT2D eigenvalue weighted by Crippen LogP contribution is -2.45. The van der Waals surface area contributed by atoms with Crippen LogP contribution in [0, 0.1) is 0 Å². The van der Waals surface area contributed by atoms with Gasteiger partial charge < -0.3 is 44.5 Å². The number of halogens is 1. The van der Waals surface area contributed by atoms with Gasteiger partial charge in [0.25, 0.3) is 0 Å². The molecule has 2 atom stereocenters. The van der Waals surface area contributed by atoms with Gasteiger partial charge in [-0.05, 0) is 72.1 Å². The SMILES string of the molecule is CCOc1cc([C@@H]2NC(=O)NC(C)=C2C(=O)OC)ccc1OC[C@H](O)N/N=C\c1cc(Br)c(OCC(=O)O)c(OCC)c1. The van der Waals surface area contributed by atoms with Gasteiger partial charge in [-0.3, -0.25) is 5.43 Å². The van der Waals surface area contributed by atoms with Crippen molar-refractivity contribution in [2.75, 3.05) is 33.5 Å². The second kappa shape index (κ2) is 15.7. The van der Waals surface area contributed by atoms with Crippen LogP contribution < -0.4 is 35.0 Å². The highest BCUT2D eigenvalue weighted by Crippen LogP contribution is 2.37. The first kappa shape index (κ1) is 33.0. The molecule has 232 valence electrons. The average molecular weight is 665 g/mol. The van der Waals surface area contributed by atoms with Crippen molar-refractivity contribution in [3.63, 3.8) is 0 Å². The fraction of sp³-hybridized carbons (Fsp3) is 0.357. The van der Waals surface area contributed by atoms with Crippen LogP contribution in [0.15, 0.2) is 51.2 Å². The van der Waals surface area contributed by atoms with E-state index in [1.54, 1.807) is 51.1 Å². The van der Waals surface area contributed by atoms with E-state index in [1.807, 2.05) is 0 Å². The monoisotopic (exact) mass is 664 g/mol. The van der Waals surface area contributed by atoms with Crippen molar-refractivity contribution in [2.24, 2.45) is 5.10 Å². The number of hydrazone groups is 1. The fourth-order valence-corrected chi connectivity index (χ4v) is 4.59. The second-order valence-corrected chi connectivity index (χ2v) is 9.71. The number of aliphatic hydroxyl groups is 1. The number of carboxylic acid groups (broad SMARTS) is 1. The number of aliphatic carboxylic acids is 1. The Morgan fingerprint density at radius 1 is 1.09 bits per heavy atom. The summed E-state index contributed by atoms with van der Waals surface area (Å²) in [5, 5.41) is 28.6. The van der Waals surface area contributed by atoms with Gasteiger partial charge in [0.05, 0.1) is 42.6 Å². The number of carbonyl (C=O) groups excluding carboxylic acids is 2. The molecule has 1 aliphatic heterocycles. The number of amides is 2. The van der Waals surface area contributed by atoms with Gasteiger partial charge in [-0.15, -0.1) is 0 Å². The van der Waals surface area contributed by atoms with Crippen molar-refractivity contribution in [1.29, 1.82) is 0 Å². The molecule has 0 saturated heterocycles. The highest BCUT2D eigenvalue weighted by Gasteiger charge is 2.32. The molecule has 0 spiro atoms. The molecule has 0 radical (unpaired) electrons. The molecule has 15 heteroatoms. The first-order valence-corrected chi connectivity index (χ1v) is 13.9. The number of carbonyl (C=O) groups is 3. The van der Waals surface area contributed by atoms with E-state index >= 15 is 0 Å². The molecule has 43 heavy (non-hydrogen) atoms. The Bertz CT molecular complexity index is 1400. The average Bonchev–Trinajstić information content (AvgIpc) is 2.95. The Balaban J connectivity index is 1.69. The number of benzene rings is 2. The number of aliphatic hydroxyl groups excluding tert-OH is 1. The summed E-state index contributed by atoms with van der Waals surface area (Å²) < 4.78 is 27.7. The lowest BCUT2D eigenvalue weighted by Gasteiger charge is -2.28. The predicted molar refractivity (Wildman–Crippen MR) is 157 cm³/mol. The molecule has 0 aliphatic carbocycles. The van der Waals surface area contributed by atoms with E-state index in [0.717, 1.165) is 0 Å². The van der Waals surface area contributed by atoms with Crippen molar-refractivity contribution < 1.29 is 48.3 Å². The maximum Gasteiger partial charge on any atom is 0.341 e. The number of hydrogen-bond donors (Lipinski definition) is 5. The Labute approximate surface area is 256 Å². The van der Waals surface area contributed by atoms with Crippen molar-refractivity contribution in [2.45, 2.75) is 33.0 Å². The summed E-state index contributed by atoms with van der Waals surface area (Å²) in [4.78, 5) is 35.4. The summed E-state index contributed by atoms with van der Waals surface area (Å²) in [6.07, 6.45) is 0.221. The zero-order chi connectivity index (χ0) is 31.5. The topological polar surface area (TPSA) is 186 Å². The predicted octanol–water partition coefficient (Wildman–Crippen LogP) is 2.83. The van der Waals surface area contributed by atoms with E-state index in [4.69, 9.17) is 28.8 Å². The van der Waals surface area contributed by atoms with Crippen molar-refractivity contribution >= 4 is 40.1 Å². The number of ether oxygens (including phenoxy) is 5. The molecular weight excluding hydrogens is 632 g/mol. The molecule has 0 bridgehead atoms. The van der Waals surface area contributed by atoms with Crippen LogP contribution in [0.2, 0.25) is 0 Å². The zero-order valence-electron chi connectivity index (χ0n) is 23.9. The number of carboxylic acids is 1. The number of rotatable bonds is 15. The summed E-state index contributed by atoms with van der Waals surface area (Å²) in [5.74, 6) is -0.494. The van der Waals surface area contributed by atoms with Crippen molar-refractivity contribution in [3.8, 4) is 23.0 Å². The van der Waals surface area contributed by atoms with Crippen LogP contribution in [0.5, 0.6) is 23.0 Å². The maximum absolute atomic E-state index is 12.4. The van der Waals surface area contributed by atoms with Gasteiger partial charge in [-0.1, -0.05) is 6.07 Å². The molecule has 5 N–H and O–H groups in total. The Kier molecular flexibility index (Phi) is 12.0. The van der Waals surface area contributed by atoms with Gasteiger partial charge in [0, 0.05) is 5.70 Å². The van der Waals surface area contributed by atoms with Crippen LogP contribution in [0.3, 0.4) is 0 Å². The second-order valence-electron chi connectivity index (χ2n) is 8.86. The maximum atomic E-state index is 12.4. The van der Waals surface area contributed by atoms with Gasteiger partial charge >= 0.3 is 18.0 Å². The Hall–Kier alpha value is -4.50. The summed E-state index contributed by atoms with van der Waals surface area (Å²) in [6, 6.07) is 6.93. The van der Waals surface area contributed by atoms with Crippen LogP contribution in [-0.4, -0.2) is 74.2 Å². The first-order chi connectivity index (χ1) is 20.6. The molecule has 2 aromatic carbocycles. The molecule has 2 amide bonds. The minimum Gasteiger partial charge on any atom is -0.490 e. The third kappa shape index (κ3) is 8.99. The van der Waals surface area contributed by atoms with Crippen molar-refractivity contribution in [3.05, 3.63) is 57.2 Å². The van der Waals surface area contributed by atoms with E-state index in [0.29, 0.717) is 51.8 Å². The molecule has 0 saturated carbocycles. The van der Waals surface area contributed by atoms with Gasteiger partial charge in [-0.2, -0.15) is 5.10 Å². The standard InChI is InChI=1S/C28H33BrN4O10/c1-5-40-20-11-17(25-24(27(37)39-4)15(3)31-28(38)32-25)7-8-19(20)42-13-22(34)33-30-12-16-9-18(29)26(43-14-23(35)36)21(10-16)41-6-2/h7-12,22,25,33-34H,5-6,13-14H2,1-4H3,(H,35,36)(H2,31,32,38)/b30-12-/t22-,25-/m0/s1. The van der Waals surface area contributed by atoms with Gasteiger partial charge in [0.1, 0.15) is 6.61 Å². The Morgan fingerprint density at radius 2 is 1.81 bits per heavy atom. The van der Waals surface area contributed by atoms with Crippen LogP contribution in [0.25, 0.3) is 0 Å². The fourth-order valence-electron chi connectivity index (χ4n) is 4.02. The van der Waals surface area contributed by atoms with E-state index in [2.05, 4.69) is 37.1 Å². The van der Waals surface area contributed by atoms with Crippen LogP contribution in [-0.2, 0) is 14.3 Å². The number of methoxy groups -OCH3 is 1. The lowest BCUT2D eigenvalue weighted by atomic mass is 9.95. The van der Waals surface area contributed by atoms with Crippen LogP contribution in [0.1, 0.15) is 37.9 Å². The molecule has 2 aromatic rings. The molecular formula is C28H33BrN4O10. The number of nitrogens with one attached hydrogen (secondary N) is 3. The summed E-state index contributed by atoms with van der Waals surface area (Å²) in [7, 11) is 1.26. The molecule has 1 aliphatic rings. The number of allylic oxidation sites excluding steroid dienone is 1. The highest BCUT2D eigenvalue weighted by molar-refractivity contribution is 9.10. The Morgan fingerprint density at radius 3 is 2.49 bits per heavy atom. The largest absolute Gasteiger partial charge is 0.490 e. The lowest BCUT2D eigenvalue weighted by molar-refractivity contribution is -0.139. The number of urea groups is 1. The minimum absolute atomic E-state index is 0.205. The third-order valence-electron chi connectivity index (χ3n) is 5.78. The van der Waals surface area contributed by atoms with E-state index in [9.17, 15) is 19.5 Å². The zero-order valence-corrected chi connectivity index (χ0v) is 25.5. The summed E-state index contributed by atoms with van der Waals surface area (Å²) in [5.41, 5.74) is 4.32. The summed E-state index contributed by atoms with van der Waals surface area (Å²) in [6.45, 7) is 5.07. The van der Waals surface area contributed by atoms with E-state index in [1.165, 1.54) is 13.3 Å². The van der Waals surface area contributed by atoms with E-state index < -0.39 is 36.8 Å². The molecule has 3 rings (SSSR count). The normalized spacial score (nSPS) is 15.3. The minimum atomic E-state index is -1.21. The number of esters is 1. The highest BCUT2D eigenvalue weighted by atomic mass is 79.9. The van der Waals surface area contributed by atoms with Gasteiger partial charge in [0.15, 0.2) is 35.8 Å². The molecule has 0 aromatic heterocycles. The van der Waals surface area contributed by atoms with E-state index in [-0.39, 0.29) is 17.9 Å². The molecule has 1 heterocycles. The molecule has 14 nitrogen and oxygen atoms in total. The van der Waals surface area contributed by atoms with Crippen LogP contribution >= 0.6 is 15.9 Å². The number of nitrogens with zero attached hydrogens (tertiary/aromatic N) is 1. The number of hydrogen-bond acceptors (Lipinski definition) is 11. The van der Waals surface area contributed by atoms with Crippen LogP contribution in [0.4, 0.5) is 4.79 Å². The first-order valence-electron chi connectivity index (χ1n) is 13.1. The van der Waals surface area contributed by atoms with Gasteiger partial charge in [-0.25, -0.2) is 14.4 Å². The molecule has 0 fully saturated rings. The molecule has 0 unspecified atom stereocenters. The quantitative estimate of drug-likeness (QED) is 0.0815. The summed E-state index contributed by atoms with van der Waals surface area (Å²) >= 11 is 3.35.